The van der Waals surface area contributed by atoms with Crippen LogP contribution in [0.1, 0.15) is 36.9 Å². The number of hydrogen-bond donors (Lipinski definition) is 2. The first-order chi connectivity index (χ1) is 24.2. The number of ether oxygens (including phenoxy) is 2. The van der Waals surface area contributed by atoms with Crippen LogP contribution in [0.5, 0.6) is 11.8 Å². The Balaban J connectivity index is 1.01. The second-order valence-corrected chi connectivity index (χ2v) is 14.2. The number of methoxy groups -OCH3 is 2. The van der Waals surface area contributed by atoms with Crippen molar-refractivity contribution in [3.8, 4) is 45.4 Å². The second-order valence-electron chi connectivity index (χ2n) is 13.9. The van der Waals surface area contributed by atoms with Gasteiger partial charge in [-0.15, -0.1) is 0 Å². The van der Waals surface area contributed by atoms with Crippen molar-refractivity contribution in [1.82, 2.24) is 35.4 Å². The van der Waals surface area contributed by atoms with Crippen LogP contribution in [0.25, 0.3) is 33.6 Å². The molecule has 8 rings (SSSR count). The van der Waals surface area contributed by atoms with Crippen LogP contribution in [0.3, 0.4) is 0 Å². The van der Waals surface area contributed by atoms with E-state index in [-0.39, 0.29) is 28.5 Å². The fourth-order valence-electron chi connectivity index (χ4n) is 7.91. The molecule has 258 valence electrons. The third kappa shape index (κ3) is 5.84. The van der Waals surface area contributed by atoms with Crippen molar-refractivity contribution >= 4 is 23.4 Å². The van der Waals surface area contributed by atoms with Gasteiger partial charge in [0.25, 0.3) is 0 Å². The molecule has 2 amide bonds. The third-order valence-electron chi connectivity index (χ3n) is 10.3. The summed E-state index contributed by atoms with van der Waals surface area (Å²) in [5, 5.41) is 6.56. The molecule has 0 bridgehead atoms. The van der Waals surface area contributed by atoms with Crippen molar-refractivity contribution in [2.24, 2.45) is 0 Å². The van der Waals surface area contributed by atoms with Gasteiger partial charge in [0.2, 0.25) is 23.6 Å². The van der Waals surface area contributed by atoms with Gasteiger partial charge in [-0.05, 0) is 25.0 Å². The number of aromatic nitrogens is 3. The molecule has 11 nitrogen and oxygen atoms in total. The number of benzene rings is 2. The molecule has 0 saturated carbocycles. The monoisotopic (exact) mass is 697 g/mol. The SMILES string of the molecule is COc1nc(-c2cccc(-c3cccc(-c4cnc(CN5CC6(CCC(=O)N6)C5)c(OC)n4)c3F)c2Cl)ccc1CN1CC2(CCC(=O)N2)C1. The number of rotatable bonds is 9. The van der Waals surface area contributed by atoms with Crippen molar-refractivity contribution in [3.05, 3.63) is 76.8 Å². The third-order valence-corrected chi connectivity index (χ3v) is 10.7. The maximum Gasteiger partial charge on any atom is 0.237 e. The Hall–Kier alpha value is -4.65. The van der Waals surface area contributed by atoms with Crippen LogP contribution < -0.4 is 20.1 Å². The molecule has 2 spiro atoms. The standard InChI is InChI=1S/C37H37ClFN7O4/c1-49-34-22(16-45-18-36(19-45)13-11-30(47)43-36)9-10-27(41-34)25-7-3-5-23(32(25)38)24-6-4-8-26(33(24)39)28-15-40-29(35(42-28)50-2)17-46-20-37(21-46)14-12-31(48)44-37/h3-10,15H,11-14,16-21H2,1-2H3,(H,43,47)(H,44,48). The second kappa shape index (κ2) is 12.6. The topological polar surface area (TPSA) is 122 Å². The van der Waals surface area contributed by atoms with E-state index in [2.05, 4.69) is 30.4 Å². The number of carbonyl (C=O) groups excluding carboxylic acids is 2. The Labute approximate surface area is 294 Å². The van der Waals surface area contributed by atoms with Gasteiger partial charge in [0.1, 0.15) is 11.5 Å². The number of halogens is 2. The van der Waals surface area contributed by atoms with Gasteiger partial charge in [0, 0.05) is 79.9 Å². The Morgan fingerprint density at radius 1 is 0.760 bits per heavy atom. The van der Waals surface area contributed by atoms with Gasteiger partial charge < -0.3 is 20.1 Å². The van der Waals surface area contributed by atoms with E-state index < -0.39 is 5.82 Å². The molecule has 2 aromatic carbocycles. The number of amides is 2. The fourth-order valence-corrected chi connectivity index (χ4v) is 8.23. The highest BCUT2D eigenvalue weighted by Gasteiger charge is 2.48. The van der Waals surface area contributed by atoms with E-state index in [4.69, 9.17) is 26.1 Å². The minimum absolute atomic E-state index is 0.101. The first kappa shape index (κ1) is 32.5. The Morgan fingerprint density at radius 2 is 1.34 bits per heavy atom. The number of pyridine rings is 1. The lowest BCUT2D eigenvalue weighted by molar-refractivity contribution is -0.121. The molecular weight excluding hydrogens is 661 g/mol. The van der Waals surface area contributed by atoms with E-state index in [9.17, 15) is 9.59 Å². The van der Waals surface area contributed by atoms with Gasteiger partial charge in [-0.3, -0.25) is 24.4 Å². The summed E-state index contributed by atoms with van der Waals surface area (Å²) < 4.78 is 27.6. The molecule has 0 atom stereocenters. The zero-order valence-electron chi connectivity index (χ0n) is 27.9. The van der Waals surface area contributed by atoms with Crippen LogP contribution in [0.15, 0.2) is 54.7 Å². The molecule has 4 aliphatic rings. The predicted molar refractivity (Wildman–Crippen MR) is 185 cm³/mol. The summed E-state index contributed by atoms with van der Waals surface area (Å²) in [7, 11) is 3.11. The molecule has 4 saturated heterocycles. The summed E-state index contributed by atoms with van der Waals surface area (Å²) in [5.41, 5.74) is 4.03. The largest absolute Gasteiger partial charge is 0.481 e. The summed E-state index contributed by atoms with van der Waals surface area (Å²) in [6, 6.07) is 14.5. The average Bonchev–Trinajstić information content (AvgIpc) is 3.68. The summed E-state index contributed by atoms with van der Waals surface area (Å²) in [5.74, 6) is 0.554. The highest BCUT2D eigenvalue weighted by Crippen LogP contribution is 2.40. The fraction of sp³-hybridized carbons (Fsp3) is 0.378. The highest BCUT2D eigenvalue weighted by atomic mass is 35.5. The Bertz CT molecular complexity index is 1870. The maximum atomic E-state index is 16.4. The molecule has 0 unspecified atom stereocenters. The molecule has 0 aliphatic carbocycles. The number of hydrogen-bond acceptors (Lipinski definition) is 9. The molecule has 6 heterocycles. The Morgan fingerprint density at radius 3 is 1.96 bits per heavy atom. The quantitative estimate of drug-likeness (QED) is 0.258. The molecular formula is C37H37ClFN7O4. The minimum atomic E-state index is -0.482. The molecule has 0 radical (unpaired) electrons. The van der Waals surface area contributed by atoms with E-state index in [0.717, 1.165) is 44.6 Å². The summed E-state index contributed by atoms with van der Waals surface area (Å²) in [4.78, 5) is 41.9. The van der Waals surface area contributed by atoms with Crippen molar-refractivity contribution < 1.29 is 23.5 Å². The van der Waals surface area contributed by atoms with Gasteiger partial charge in [-0.2, -0.15) is 0 Å². The molecule has 4 fully saturated rings. The summed E-state index contributed by atoms with van der Waals surface area (Å²) >= 11 is 7.00. The van der Waals surface area contributed by atoms with Crippen LogP contribution in [-0.2, 0) is 22.7 Å². The number of nitrogens with one attached hydrogen (secondary N) is 2. The van der Waals surface area contributed by atoms with E-state index in [1.54, 1.807) is 37.6 Å². The van der Waals surface area contributed by atoms with Crippen molar-refractivity contribution in [2.75, 3.05) is 40.4 Å². The average molecular weight is 698 g/mol. The summed E-state index contributed by atoms with van der Waals surface area (Å²) in [6.45, 7) is 4.24. The molecule has 2 N–H and O–H groups in total. The zero-order chi connectivity index (χ0) is 34.6. The van der Waals surface area contributed by atoms with Crippen molar-refractivity contribution in [3.63, 3.8) is 0 Å². The van der Waals surface area contributed by atoms with Gasteiger partial charge in [0.05, 0.1) is 47.9 Å². The van der Waals surface area contributed by atoms with Crippen molar-refractivity contribution in [2.45, 2.75) is 49.9 Å². The summed E-state index contributed by atoms with van der Waals surface area (Å²) in [6.07, 6.45) is 4.42. The Kier molecular flexibility index (Phi) is 8.20. The molecule has 50 heavy (non-hydrogen) atoms. The zero-order valence-corrected chi connectivity index (χ0v) is 28.6. The van der Waals surface area contributed by atoms with Gasteiger partial charge in [-0.1, -0.05) is 48.0 Å². The molecule has 4 aromatic rings. The molecule has 4 aliphatic heterocycles. The van der Waals surface area contributed by atoms with Crippen LogP contribution in [0, 0.1) is 5.82 Å². The van der Waals surface area contributed by atoms with Crippen LogP contribution in [0.2, 0.25) is 5.02 Å². The lowest BCUT2D eigenvalue weighted by Gasteiger charge is -2.48. The van der Waals surface area contributed by atoms with Crippen LogP contribution >= 0.6 is 11.6 Å². The number of carbonyl (C=O) groups is 2. The van der Waals surface area contributed by atoms with Gasteiger partial charge in [-0.25, -0.2) is 14.4 Å². The smallest absolute Gasteiger partial charge is 0.237 e. The molecule has 13 heteroatoms. The van der Waals surface area contributed by atoms with Crippen LogP contribution in [0.4, 0.5) is 4.39 Å². The number of nitrogens with zero attached hydrogens (tertiary/aromatic N) is 5. The predicted octanol–water partition coefficient (Wildman–Crippen LogP) is 4.61. The minimum Gasteiger partial charge on any atom is -0.481 e. The normalized spacial score (nSPS) is 19.3. The highest BCUT2D eigenvalue weighted by molar-refractivity contribution is 6.36. The van der Waals surface area contributed by atoms with Gasteiger partial charge >= 0.3 is 0 Å². The van der Waals surface area contributed by atoms with Crippen molar-refractivity contribution in [1.29, 1.82) is 0 Å². The van der Waals surface area contributed by atoms with E-state index in [0.29, 0.717) is 76.5 Å². The van der Waals surface area contributed by atoms with Crippen LogP contribution in [-0.4, -0.2) is 88.0 Å². The van der Waals surface area contributed by atoms with E-state index in [1.165, 1.54) is 7.11 Å². The van der Waals surface area contributed by atoms with E-state index in [1.807, 2.05) is 24.3 Å². The van der Waals surface area contributed by atoms with E-state index >= 15 is 4.39 Å². The van der Waals surface area contributed by atoms with Gasteiger partial charge in [0.15, 0.2) is 0 Å². The molecule has 2 aromatic heterocycles. The lowest BCUT2D eigenvalue weighted by atomic mass is 9.88. The number of likely N-dealkylation sites (tertiary alicyclic amines) is 2. The maximum absolute atomic E-state index is 16.4. The first-order valence-corrected chi connectivity index (χ1v) is 17.1. The first-order valence-electron chi connectivity index (χ1n) is 16.8. The lowest BCUT2D eigenvalue weighted by Crippen LogP contribution is -2.66.